The van der Waals surface area contributed by atoms with Gasteiger partial charge in [-0.25, -0.2) is 9.18 Å². The Morgan fingerprint density at radius 3 is 2.60 bits per heavy atom. The van der Waals surface area contributed by atoms with Crippen molar-refractivity contribution < 1.29 is 18.4 Å². The van der Waals surface area contributed by atoms with Crippen molar-refractivity contribution in [2.24, 2.45) is 0 Å². The van der Waals surface area contributed by atoms with Crippen molar-refractivity contribution in [3.05, 3.63) is 101 Å². The molecular formula is C26H20ClFN4O3. The Bertz CT molecular complexity index is 1440. The van der Waals surface area contributed by atoms with Gasteiger partial charge in [0.1, 0.15) is 0 Å². The Morgan fingerprint density at radius 2 is 1.89 bits per heavy atom. The third kappa shape index (κ3) is 4.24. The number of benzene rings is 3. The first-order chi connectivity index (χ1) is 17.0. The van der Waals surface area contributed by atoms with E-state index in [0.717, 1.165) is 5.56 Å². The van der Waals surface area contributed by atoms with Gasteiger partial charge < -0.3 is 14.6 Å². The Kier molecular flexibility index (Phi) is 5.96. The Morgan fingerprint density at radius 1 is 1.09 bits per heavy atom. The second kappa shape index (κ2) is 9.23. The van der Waals surface area contributed by atoms with Gasteiger partial charge in [0.05, 0.1) is 24.4 Å². The van der Waals surface area contributed by atoms with Crippen molar-refractivity contribution in [2.75, 3.05) is 12.0 Å². The Balaban J connectivity index is 1.64. The van der Waals surface area contributed by atoms with Crippen LogP contribution >= 0.6 is 11.6 Å². The maximum absolute atomic E-state index is 14.3. The maximum Gasteiger partial charge on any atom is 0.326 e. The summed E-state index contributed by atoms with van der Waals surface area (Å²) in [6.45, 7) is 1.82. The number of halogens is 2. The van der Waals surface area contributed by atoms with E-state index in [9.17, 15) is 9.18 Å². The lowest BCUT2D eigenvalue weighted by atomic mass is 9.94. The molecule has 0 spiro atoms. The molecule has 0 saturated heterocycles. The van der Waals surface area contributed by atoms with E-state index in [4.69, 9.17) is 20.9 Å². The third-order valence-corrected chi connectivity index (χ3v) is 5.98. The van der Waals surface area contributed by atoms with E-state index >= 15 is 0 Å². The summed E-state index contributed by atoms with van der Waals surface area (Å²) in [4.78, 5) is 19.3. The lowest BCUT2D eigenvalue weighted by Gasteiger charge is -2.35. The van der Waals surface area contributed by atoms with Gasteiger partial charge in [-0.15, -0.1) is 0 Å². The topological polar surface area (TPSA) is 80.5 Å². The van der Waals surface area contributed by atoms with Crippen LogP contribution in [0.1, 0.15) is 24.4 Å². The number of urea groups is 1. The van der Waals surface area contributed by atoms with Gasteiger partial charge in [0.15, 0.2) is 11.6 Å². The van der Waals surface area contributed by atoms with Crippen LogP contribution in [0.15, 0.2) is 83.0 Å². The molecule has 2 amide bonds. The zero-order chi connectivity index (χ0) is 24.5. The minimum atomic E-state index is -0.595. The van der Waals surface area contributed by atoms with Crippen LogP contribution in [0.4, 0.5) is 14.9 Å². The average Bonchev–Trinajstić information content (AvgIpc) is 3.34. The molecule has 1 aliphatic heterocycles. The van der Waals surface area contributed by atoms with E-state index in [-0.39, 0.29) is 23.5 Å². The van der Waals surface area contributed by atoms with Gasteiger partial charge >= 0.3 is 6.03 Å². The zero-order valence-electron chi connectivity index (χ0n) is 18.8. The minimum Gasteiger partial charge on any atom is -0.494 e. The number of carbonyl (C=O) groups is 1. The van der Waals surface area contributed by atoms with Crippen LogP contribution in [-0.2, 0) is 0 Å². The number of para-hydroxylation sites is 1. The average molecular weight is 491 g/mol. The van der Waals surface area contributed by atoms with Crippen LogP contribution in [0.5, 0.6) is 5.75 Å². The van der Waals surface area contributed by atoms with E-state index in [1.54, 1.807) is 29.2 Å². The number of hydrogen-bond donors (Lipinski definition) is 1. The fraction of sp³-hybridized carbons (Fsp3) is 0.115. The first kappa shape index (κ1) is 22.6. The van der Waals surface area contributed by atoms with Crippen molar-refractivity contribution >= 4 is 28.9 Å². The number of ether oxygens (including phenoxy) is 1. The fourth-order valence-electron chi connectivity index (χ4n) is 4.10. The second-order valence-electron chi connectivity index (χ2n) is 7.88. The van der Waals surface area contributed by atoms with Crippen molar-refractivity contribution in [3.63, 3.8) is 0 Å². The smallest absolute Gasteiger partial charge is 0.326 e. The predicted octanol–water partition coefficient (Wildman–Crippen LogP) is 6.24. The first-order valence-electron chi connectivity index (χ1n) is 10.8. The van der Waals surface area contributed by atoms with E-state index in [1.807, 2.05) is 43.3 Å². The summed E-state index contributed by atoms with van der Waals surface area (Å²) >= 11 is 6.24. The van der Waals surface area contributed by atoms with Gasteiger partial charge in [0.25, 0.3) is 5.89 Å². The molecule has 7 nitrogen and oxygen atoms in total. The maximum atomic E-state index is 14.3. The molecule has 0 aliphatic carbocycles. The lowest BCUT2D eigenvalue weighted by Crippen LogP contribution is -2.46. The molecule has 0 saturated carbocycles. The standard InChI is InChI=1S/C26H20ClFN4O3/c1-15-22(25-30-24(31-35-25)17-11-12-21(34-2)20(28)14-17)23(16-7-6-8-18(27)13-16)29-26(33)32(15)19-9-4-3-5-10-19/h3-14,23H,1-2H3,(H,29,33). The quantitative estimate of drug-likeness (QED) is 0.358. The SMILES string of the molecule is COc1ccc(-c2noc(C3=C(C)N(c4ccccc4)C(=O)NC3c3cccc(Cl)c3)n2)cc1F. The molecule has 4 aromatic rings. The highest BCUT2D eigenvalue weighted by Gasteiger charge is 2.36. The molecule has 1 unspecified atom stereocenters. The van der Waals surface area contributed by atoms with Crippen molar-refractivity contribution in [2.45, 2.75) is 13.0 Å². The molecule has 1 atom stereocenters. The monoisotopic (exact) mass is 490 g/mol. The molecule has 0 fully saturated rings. The highest BCUT2D eigenvalue weighted by molar-refractivity contribution is 6.30. The van der Waals surface area contributed by atoms with Crippen molar-refractivity contribution in [1.29, 1.82) is 0 Å². The molecule has 176 valence electrons. The highest BCUT2D eigenvalue weighted by Crippen LogP contribution is 2.39. The third-order valence-electron chi connectivity index (χ3n) is 5.75. The van der Waals surface area contributed by atoms with Gasteiger partial charge in [-0.3, -0.25) is 4.90 Å². The predicted molar refractivity (Wildman–Crippen MR) is 130 cm³/mol. The summed E-state index contributed by atoms with van der Waals surface area (Å²) < 4.78 is 24.9. The molecule has 1 N–H and O–H groups in total. The van der Waals surface area contributed by atoms with Crippen molar-refractivity contribution in [1.82, 2.24) is 15.5 Å². The first-order valence-corrected chi connectivity index (χ1v) is 11.1. The highest BCUT2D eigenvalue weighted by atomic mass is 35.5. The minimum absolute atomic E-state index is 0.116. The number of amides is 2. The van der Waals surface area contributed by atoms with E-state index in [1.165, 1.54) is 19.2 Å². The van der Waals surface area contributed by atoms with Crippen LogP contribution in [0, 0.1) is 5.82 Å². The number of aromatic nitrogens is 2. The van der Waals surface area contributed by atoms with E-state index < -0.39 is 11.9 Å². The normalized spacial score (nSPS) is 15.8. The molecule has 5 rings (SSSR count). The van der Waals surface area contributed by atoms with Crippen LogP contribution in [0.25, 0.3) is 17.0 Å². The largest absolute Gasteiger partial charge is 0.494 e. The van der Waals surface area contributed by atoms with E-state index in [2.05, 4.69) is 15.5 Å². The number of hydrogen-bond acceptors (Lipinski definition) is 5. The lowest BCUT2D eigenvalue weighted by molar-refractivity contribution is 0.244. The van der Waals surface area contributed by atoms with Gasteiger partial charge in [0.2, 0.25) is 5.82 Å². The van der Waals surface area contributed by atoms with Crippen LogP contribution in [0.2, 0.25) is 5.02 Å². The van der Waals surface area contributed by atoms with Gasteiger partial charge in [-0.05, 0) is 55.0 Å². The van der Waals surface area contributed by atoms with Gasteiger partial charge in [0, 0.05) is 16.3 Å². The number of nitrogens with zero attached hydrogens (tertiary/aromatic N) is 3. The van der Waals surface area contributed by atoms with Crippen molar-refractivity contribution in [3.8, 4) is 17.1 Å². The molecule has 1 aromatic heterocycles. The Hall–Kier alpha value is -4.17. The van der Waals surface area contributed by atoms with Crippen LogP contribution in [0.3, 0.4) is 0 Å². The number of carbonyl (C=O) groups excluding carboxylic acids is 1. The summed E-state index contributed by atoms with van der Waals surface area (Å²) in [5, 5.41) is 7.62. The second-order valence-corrected chi connectivity index (χ2v) is 8.32. The molecule has 1 aliphatic rings. The van der Waals surface area contributed by atoms with E-state index in [0.29, 0.717) is 27.5 Å². The molecule has 35 heavy (non-hydrogen) atoms. The number of methoxy groups -OCH3 is 1. The molecule has 0 radical (unpaired) electrons. The fourth-order valence-corrected chi connectivity index (χ4v) is 4.30. The van der Waals surface area contributed by atoms with Gasteiger partial charge in [-0.2, -0.15) is 4.98 Å². The number of anilines is 1. The number of allylic oxidation sites excluding steroid dienone is 1. The number of rotatable bonds is 5. The summed E-state index contributed by atoms with van der Waals surface area (Å²) in [7, 11) is 1.39. The Labute approximate surface area is 205 Å². The van der Waals surface area contributed by atoms with Gasteiger partial charge in [-0.1, -0.05) is 47.1 Å². The molecule has 2 heterocycles. The molecule has 9 heteroatoms. The van der Waals surface area contributed by atoms with Crippen LogP contribution < -0.4 is 15.0 Å². The summed E-state index contributed by atoms with van der Waals surface area (Å²) in [5.74, 6) is -0.0243. The van der Waals surface area contributed by atoms with Crippen LogP contribution in [-0.4, -0.2) is 23.3 Å². The molecule has 3 aromatic carbocycles. The molecule has 0 bridgehead atoms. The molecular weight excluding hydrogens is 471 g/mol. The summed E-state index contributed by atoms with van der Waals surface area (Å²) in [5.41, 5.74) is 3.07. The summed E-state index contributed by atoms with van der Waals surface area (Å²) in [6.07, 6.45) is 0. The summed E-state index contributed by atoms with van der Waals surface area (Å²) in [6, 6.07) is 19.9. The number of nitrogens with one attached hydrogen (secondary N) is 1. The zero-order valence-corrected chi connectivity index (χ0v) is 19.6.